The lowest BCUT2D eigenvalue weighted by Gasteiger charge is -2.11. The predicted octanol–water partition coefficient (Wildman–Crippen LogP) is 12.4. The van der Waals surface area contributed by atoms with Crippen LogP contribution in [0.3, 0.4) is 0 Å². The zero-order chi connectivity index (χ0) is 35.9. The van der Waals surface area contributed by atoms with Crippen molar-refractivity contribution in [1.29, 1.82) is 0 Å². The zero-order valence-electron chi connectivity index (χ0n) is 29.8. The van der Waals surface area contributed by atoms with Crippen LogP contribution in [-0.4, -0.2) is 38.2 Å². The van der Waals surface area contributed by atoms with Crippen LogP contribution >= 0.6 is 22.7 Å². The van der Waals surface area contributed by atoms with Gasteiger partial charge in [0.25, 0.3) is 0 Å². The first-order chi connectivity index (χ1) is 25.4. The first kappa shape index (κ1) is 34.6. The van der Waals surface area contributed by atoms with Crippen LogP contribution in [-0.2, 0) is 0 Å². The summed E-state index contributed by atoms with van der Waals surface area (Å²) < 4.78 is 2.45. The van der Waals surface area contributed by atoms with E-state index in [9.17, 15) is 0 Å². The topological polar surface area (TPSA) is 32.3 Å². The van der Waals surface area contributed by atoms with Crippen LogP contribution in [0.15, 0.2) is 146 Å². The highest BCUT2D eigenvalue weighted by molar-refractivity contribution is 7.22. The molecule has 0 radical (unpaired) electrons. The molecule has 0 atom stereocenters. The molecule has 0 saturated heterocycles. The predicted molar refractivity (Wildman–Crippen MR) is 230 cm³/mol. The number of fused-ring (bicyclic) bond motifs is 2. The zero-order valence-corrected chi connectivity index (χ0v) is 31.4. The van der Waals surface area contributed by atoms with E-state index in [1.54, 1.807) is 22.7 Å². The SMILES string of the molecule is CN(C)c1ccc(/C=C/c2ccccc2-c2nc3ccccc3s2)cc1.CN(C)c1ccc(/C=C/c2ccccc2-c2nc3ccccc3s2)cc1. The van der Waals surface area contributed by atoms with Gasteiger partial charge in [0.15, 0.2) is 0 Å². The highest BCUT2D eigenvalue weighted by Crippen LogP contribution is 2.34. The molecular weight excluding hydrogens is 673 g/mol. The molecule has 6 heteroatoms. The van der Waals surface area contributed by atoms with Crippen molar-refractivity contribution in [3.05, 3.63) is 168 Å². The summed E-state index contributed by atoms with van der Waals surface area (Å²) in [6.07, 6.45) is 8.66. The van der Waals surface area contributed by atoms with E-state index in [1.165, 1.54) is 54.2 Å². The molecule has 0 fully saturated rings. The molecule has 4 nitrogen and oxygen atoms in total. The third-order valence-corrected chi connectivity index (χ3v) is 10.8. The van der Waals surface area contributed by atoms with Gasteiger partial charge in [-0.3, -0.25) is 0 Å². The van der Waals surface area contributed by atoms with Gasteiger partial charge in [0.2, 0.25) is 0 Å². The standard InChI is InChI=1S/2C23H20N2S/c2*1-25(2)19-15-12-17(13-16-19)11-14-18-7-3-4-8-20(18)23-24-21-9-5-6-10-22(21)26-23/h2*3-16H,1-2H3/b2*14-11+. The third-order valence-electron chi connectivity index (χ3n) is 8.70. The molecule has 0 amide bonds. The summed E-state index contributed by atoms with van der Waals surface area (Å²) in [6.45, 7) is 0. The van der Waals surface area contributed by atoms with Crippen molar-refractivity contribution in [1.82, 2.24) is 9.97 Å². The molecule has 6 aromatic carbocycles. The quantitative estimate of drug-likeness (QED) is 0.147. The van der Waals surface area contributed by atoms with Crippen molar-refractivity contribution in [2.24, 2.45) is 0 Å². The van der Waals surface area contributed by atoms with Crippen LogP contribution < -0.4 is 9.80 Å². The fraction of sp³-hybridized carbons (Fsp3) is 0.0870. The number of anilines is 2. The summed E-state index contributed by atoms with van der Waals surface area (Å²) in [7, 11) is 8.22. The second-order valence-corrected chi connectivity index (χ2v) is 14.8. The molecule has 2 heterocycles. The van der Waals surface area contributed by atoms with E-state index in [4.69, 9.17) is 9.97 Å². The van der Waals surface area contributed by atoms with E-state index in [0.29, 0.717) is 0 Å². The number of thiazole rings is 2. The average Bonchev–Trinajstić information content (AvgIpc) is 3.82. The second-order valence-electron chi connectivity index (χ2n) is 12.8. The van der Waals surface area contributed by atoms with E-state index < -0.39 is 0 Å². The Morgan fingerprint density at radius 2 is 0.769 bits per heavy atom. The Morgan fingerprint density at radius 1 is 0.404 bits per heavy atom. The summed E-state index contributed by atoms with van der Waals surface area (Å²) in [5.74, 6) is 0. The minimum atomic E-state index is 1.06. The maximum absolute atomic E-state index is 4.81. The van der Waals surface area contributed by atoms with Crippen LogP contribution in [0.4, 0.5) is 11.4 Å². The minimum absolute atomic E-state index is 1.06. The smallest absolute Gasteiger partial charge is 0.125 e. The summed E-state index contributed by atoms with van der Waals surface area (Å²) >= 11 is 3.48. The number of para-hydroxylation sites is 2. The minimum Gasteiger partial charge on any atom is -0.378 e. The van der Waals surface area contributed by atoms with Crippen molar-refractivity contribution < 1.29 is 0 Å². The number of aromatic nitrogens is 2. The van der Waals surface area contributed by atoms with Crippen molar-refractivity contribution in [3.8, 4) is 21.1 Å². The normalized spacial score (nSPS) is 11.3. The first-order valence-electron chi connectivity index (χ1n) is 17.2. The van der Waals surface area contributed by atoms with Crippen molar-refractivity contribution in [2.45, 2.75) is 0 Å². The Morgan fingerprint density at radius 3 is 1.15 bits per heavy atom. The van der Waals surface area contributed by atoms with Gasteiger partial charge in [0.1, 0.15) is 10.0 Å². The third kappa shape index (κ3) is 8.21. The van der Waals surface area contributed by atoms with Gasteiger partial charge >= 0.3 is 0 Å². The molecule has 0 unspecified atom stereocenters. The molecule has 0 spiro atoms. The monoisotopic (exact) mass is 712 g/mol. The molecule has 0 aliphatic heterocycles. The number of hydrogen-bond donors (Lipinski definition) is 0. The molecule has 0 aliphatic rings. The molecule has 0 bridgehead atoms. The van der Waals surface area contributed by atoms with Gasteiger partial charge in [-0.05, 0) is 70.8 Å². The maximum atomic E-state index is 4.81. The van der Waals surface area contributed by atoms with E-state index >= 15 is 0 Å². The average molecular weight is 713 g/mol. The fourth-order valence-corrected chi connectivity index (χ4v) is 7.81. The van der Waals surface area contributed by atoms with E-state index in [0.717, 1.165) is 21.0 Å². The van der Waals surface area contributed by atoms with Gasteiger partial charge in [0.05, 0.1) is 20.4 Å². The van der Waals surface area contributed by atoms with Crippen molar-refractivity contribution in [3.63, 3.8) is 0 Å². The van der Waals surface area contributed by atoms with Gasteiger partial charge in [-0.2, -0.15) is 0 Å². The van der Waals surface area contributed by atoms with Gasteiger partial charge in [-0.1, -0.05) is 121 Å². The van der Waals surface area contributed by atoms with Gasteiger partial charge in [0, 0.05) is 50.7 Å². The molecule has 0 saturated carbocycles. The fourth-order valence-electron chi connectivity index (χ4n) is 5.79. The Kier molecular flexibility index (Phi) is 10.7. The highest BCUT2D eigenvalue weighted by atomic mass is 32.1. The molecule has 256 valence electrons. The maximum Gasteiger partial charge on any atom is 0.125 e. The summed E-state index contributed by atoms with van der Waals surface area (Å²) in [6, 6.07) is 50.6. The number of rotatable bonds is 8. The van der Waals surface area contributed by atoms with Gasteiger partial charge < -0.3 is 9.80 Å². The van der Waals surface area contributed by atoms with Crippen molar-refractivity contribution >= 4 is 78.8 Å². The lowest BCUT2D eigenvalue weighted by molar-refractivity contribution is 1.13. The Labute approximate surface area is 314 Å². The Balaban J connectivity index is 0.000000162. The first-order valence-corrected chi connectivity index (χ1v) is 18.9. The molecule has 0 aliphatic carbocycles. The lowest BCUT2D eigenvalue weighted by atomic mass is 10.1. The second kappa shape index (κ2) is 16.0. The summed E-state index contributed by atoms with van der Waals surface area (Å²) in [5, 5.41) is 2.13. The van der Waals surface area contributed by atoms with Crippen LogP contribution in [0.5, 0.6) is 0 Å². The van der Waals surface area contributed by atoms with Crippen LogP contribution in [0, 0.1) is 0 Å². The molecule has 52 heavy (non-hydrogen) atoms. The number of hydrogen-bond acceptors (Lipinski definition) is 6. The molecular formula is C46H40N4S2. The summed E-state index contributed by atoms with van der Waals surface area (Å²) in [5.41, 5.74) is 11.6. The highest BCUT2D eigenvalue weighted by Gasteiger charge is 2.10. The number of nitrogens with zero attached hydrogens (tertiary/aromatic N) is 4. The molecule has 8 aromatic rings. The van der Waals surface area contributed by atoms with E-state index in [1.807, 2.05) is 12.1 Å². The van der Waals surface area contributed by atoms with E-state index in [2.05, 4.69) is 196 Å². The largest absolute Gasteiger partial charge is 0.378 e. The van der Waals surface area contributed by atoms with E-state index in [-0.39, 0.29) is 0 Å². The van der Waals surface area contributed by atoms with Crippen molar-refractivity contribution in [2.75, 3.05) is 38.0 Å². The van der Waals surface area contributed by atoms with Gasteiger partial charge in [-0.15, -0.1) is 22.7 Å². The Hall–Kier alpha value is -5.82. The van der Waals surface area contributed by atoms with Crippen LogP contribution in [0.2, 0.25) is 0 Å². The lowest BCUT2D eigenvalue weighted by Crippen LogP contribution is -2.07. The molecule has 8 rings (SSSR count). The summed E-state index contributed by atoms with van der Waals surface area (Å²) in [4.78, 5) is 13.8. The molecule has 0 N–H and O–H groups in total. The van der Waals surface area contributed by atoms with Gasteiger partial charge in [-0.25, -0.2) is 9.97 Å². The number of benzene rings is 6. The van der Waals surface area contributed by atoms with Crippen LogP contribution in [0.1, 0.15) is 22.3 Å². The van der Waals surface area contributed by atoms with Crippen LogP contribution in [0.25, 0.3) is 65.9 Å². The molecule has 2 aromatic heterocycles. The Bertz CT molecular complexity index is 2230.